The Balaban J connectivity index is 3.00. The molecule has 0 rings (SSSR count). The molecule has 0 aromatic rings. The first-order valence-electron chi connectivity index (χ1n) is 5.47. The summed E-state index contributed by atoms with van der Waals surface area (Å²) >= 11 is 0. The van der Waals surface area contributed by atoms with Crippen LogP contribution in [0, 0.1) is 0 Å². The minimum Gasteiger partial charge on any atom is -0.386 e. The van der Waals surface area contributed by atoms with E-state index in [1.54, 1.807) is 0 Å². The van der Waals surface area contributed by atoms with Gasteiger partial charge in [-0.25, -0.2) is 0 Å². The topological polar surface area (TPSA) is 38.0 Å². The summed E-state index contributed by atoms with van der Waals surface area (Å²) in [7, 11) is 0. The molecule has 0 fully saturated rings. The molecule has 0 amide bonds. The lowest BCUT2D eigenvalue weighted by molar-refractivity contribution is 0.592. The van der Waals surface area contributed by atoms with Crippen molar-refractivity contribution in [3.05, 3.63) is 11.9 Å². The number of nitrogens with two attached hydrogens (primary N) is 1. The van der Waals surface area contributed by atoms with E-state index in [0.29, 0.717) is 0 Å². The van der Waals surface area contributed by atoms with Crippen molar-refractivity contribution in [2.75, 3.05) is 6.54 Å². The highest BCUT2D eigenvalue weighted by Gasteiger charge is 1.90. The van der Waals surface area contributed by atoms with Crippen LogP contribution in [0.4, 0.5) is 0 Å². The highest BCUT2D eigenvalue weighted by Crippen LogP contribution is 2.03. The summed E-state index contributed by atoms with van der Waals surface area (Å²) in [5, 5.41) is 3.16. The van der Waals surface area contributed by atoms with Gasteiger partial charge in [-0.1, -0.05) is 39.0 Å². The van der Waals surface area contributed by atoms with E-state index >= 15 is 0 Å². The fraction of sp³-hybridized carbons (Fsp3) is 0.818. The normalized spacial score (nSPS) is 11.7. The van der Waals surface area contributed by atoms with Crippen molar-refractivity contribution in [3.63, 3.8) is 0 Å². The van der Waals surface area contributed by atoms with Crippen LogP contribution in [-0.2, 0) is 0 Å². The van der Waals surface area contributed by atoms with E-state index in [0.717, 1.165) is 12.4 Å². The Labute approximate surface area is 82.6 Å². The van der Waals surface area contributed by atoms with Crippen LogP contribution in [0.2, 0.25) is 0 Å². The zero-order chi connectivity index (χ0) is 9.94. The van der Waals surface area contributed by atoms with Gasteiger partial charge in [-0.3, -0.25) is 0 Å². The lowest BCUT2D eigenvalue weighted by atomic mass is 10.1. The molecule has 0 atom stereocenters. The van der Waals surface area contributed by atoms with Gasteiger partial charge >= 0.3 is 0 Å². The van der Waals surface area contributed by atoms with E-state index in [2.05, 4.69) is 12.2 Å². The summed E-state index contributed by atoms with van der Waals surface area (Å²) < 4.78 is 0. The highest BCUT2D eigenvalue weighted by atomic mass is 15.0. The number of nitrogens with one attached hydrogen (secondary N) is 1. The summed E-state index contributed by atoms with van der Waals surface area (Å²) in [6, 6.07) is 0. The smallest absolute Gasteiger partial charge is 0.0916 e. The van der Waals surface area contributed by atoms with Gasteiger partial charge in [0.05, 0.1) is 5.82 Å². The van der Waals surface area contributed by atoms with Crippen molar-refractivity contribution in [2.45, 2.75) is 52.4 Å². The van der Waals surface area contributed by atoms with Gasteiger partial charge in [0.1, 0.15) is 0 Å². The summed E-state index contributed by atoms with van der Waals surface area (Å²) in [5.74, 6) is 0.800. The molecule has 0 aromatic heterocycles. The molecule has 0 unspecified atom stereocenters. The first-order valence-corrected chi connectivity index (χ1v) is 5.47. The Hall–Kier alpha value is -0.660. The van der Waals surface area contributed by atoms with Gasteiger partial charge in [0.15, 0.2) is 0 Å². The lowest BCUT2D eigenvalue weighted by Crippen LogP contribution is -2.20. The molecule has 0 radical (unpaired) electrons. The molecule has 3 N–H and O–H groups in total. The predicted molar refractivity (Wildman–Crippen MR) is 59.3 cm³/mol. The fourth-order valence-corrected chi connectivity index (χ4v) is 1.24. The quantitative estimate of drug-likeness (QED) is 0.569. The largest absolute Gasteiger partial charge is 0.386 e. The van der Waals surface area contributed by atoms with Crippen LogP contribution in [0.3, 0.4) is 0 Å². The Morgan fingerprint density at radius 2 is 1.77 bits per heavy atom. The van der Waals surface area contributed by atoms with E-state index in [9.17, 15) is 0 Å². The van der Waals surface area contributed by atoms with Crippen molar-refractivity contribution in [1.29, 1.82) is 0 Å². The van der Waals surface area contributed by atoms with E-state index in [1.165, 1.54) is 38.5 Å². The second kappa shape index (κ2) is 9.43. The maximum absolute atomic E-state index is 5.59. The highest BCUT2D eigenvalue weighted by molar-refractivity contribution is 4.89. The van der Waals surface area contributed by atoms with Crippen molar-refractivity contribution in [3.8, 4) is 0 Å². The first-order chi connectivity index (χ1) is 6.31. The minimum absolute atomic E-state index is 0.800. The van der Waals surface area contributed by atoms with Gasteiger partial charge in [0.25, 0.3) is 0 Å². The van der Waals surface area contributed by atoms with Crippen LogP contribution >= 0.6 is 0 Å². The molecular weight excluding hydrogens is 160 g/mol. The molecule has 0 aliphatic heterocycles. The van der Waals surface area contributed by atoms with Crippen molar-refractivity contribution in [1.82, 2.24) is 5.32 Å². The van der Waals surface area contributed by atoms with Gasteiger partial charge in [-0.2, -0.15) is 0 Å². The first kappa shape index (κ1) is 12.3. The number of hydrogen-bond donors (Lipinski definition) is 2. The fourth-order valence-electron chi connectivity index (χ4n) is 1.24. The minimum atomic E-state index is 0.800. The van der Waals surface area contributed by atoms with Crippen LogP contribution in [-0.4, -0.2) is 6.54 Å². The van der Waals surface area contributed by atoms with E-state index in [1.807, 2.05) is 13.0 Å². The second-order valence-corrected chi connectivity index (χ2v) is 3.44. The lowest BCUT2D eigenvalue weighted by Gasteiger charge is -2.05. The maximum Gasteiger partial charge on any atom is 0.0916 e. The van der Waals surface area contributed by atoms with Gasteiger partial charge in [-0.05, 0) is 19.4 Å². The molecule has 0 aliphatic rings. The number of unbranched alkanes of at least 4 members (excludes halogenated alkanes) is 5. The summed E-state index contributed by atoms with van der Waals surface area (Å²) in [6.07, 6.45) is 9.91. The van der Waals surface area contributed by atoms with Crippen LogP contribution in [0.5, 0.6) is 0 Å². The Morgan fingerprint density at radius 1 is 1.15 bits per heavy atom. The molecule has 2 nitrogen and oxygen atoms in total. The van der Waals surface area contributed by atoms with E-state index in [-0.39, 0.29) is 0 Å². The van der Waals surface area contributed by atoms with Crippen molar-refractivity contribution >= 4 is 0 Å². The molecular formula is C11H24N2. The number of hydrogen-bond acceptors (Lipinski definition) is 2. The number of allylic oxidation sites excluding steroid dienone is 1. The second-order valence-electron chi connectivity index (χ2n) is 3.44. The zero-order valence-electron chi connectivity index (χ0n) is 9.10. The van der Waals surface area contributed by atoms with Crippen LogP contribution in [0.15, 0.2) is 11.9 Å². The van der Waals surface area contributed by atoms with E-state index in [4.69, 9.17) is 5.73 Å². The number of rotatable bonds is 8. The molecule has 0 saturated heterocycles. The molecule has 0 aromatic carbocycles. The average molecular weight is 184 g/mol. The summed E-state index contributed by atoms with van der Waals surface area (Å²) in [4.78, 5) is 0. The molecule has 0 aliphatic carbocycles. The molecule has 13 heavy (non-hydrogen) atoms. The van der Waals surface area contributed by atoms with Crippen LogP contribution < -0.4 is 11.1 Å². The third-order valence-corrected chi connectivity index (χ3v) is 2.17. The maximum atomic E-state index is 5.59. The summed E-state index contributed by atoms with van der Waals surface area (Å²) in [5.41, 5.74) is 5.59. The third kappa shape index (κ3) is 9.25. The zero-order valence-corrected chi connectivity index (χ0v) is 9.10. The van der Waals surface area contributed by atoms with Crippen LogP contribution in [0.1, 0.15) is 52.4 Å². The molecule has 0 saturated carbocycles. The molecule has 78 valence electrons. The summed E-state index contributed by atoms with van der Waals surface area (Å²) in [6.45, 7) is 5.21. The standard InChI is InChI=1S/C11H24N2/c1-3-5-6-7-8-9-10-13-11(12)4-2/h4,13H,3,5-10,12H2,1-2H3. The van der Waals surface area contributed by atoms with Crippen LogP contribution in [0.25, 0.3) is 0 Å². The van der Waals surface area contributed by atoms with Crippen molar-refractivity contribution in [2.24, 2.45) is 5.73 Å². The monoisotopic (exact) mass is 184 g/mol. The Morgan fingerprint density at radius 3 is 2.38 bits per heavy atom. The van der Waals surface area contributed by atoms with Gasteiger partial charge in [0, 0.05) is 6.54 Å². The molecule has 0 bridgehead atoms. The SMILES string of the molecule is CC=C(N)NCCCCCCCC. The van der Waals surface area contributed by atoms with Gasteiger partial charge < -0.3 is 11.1 Å². The van der Waals surface area contributed by atoms with Gasteiger partial charge in [-0.15, -0.1) is 0 Å². The molecule has 0 heterocycles. The third-order valence-electron chi connectivity index (χ3n) is 2.17. The Bertz CT molecular complexity index is 130. The van der Waals surface area contributed by atoms with Gasteiger partial charge in [0.2, 0.25) is 0 Å². The molecule has 0 spiro atoms. The van der Waals surface area contributed by atoms with Crippen molar-refractivity contribution < 1.29 is 0 Å². The molecule has 2 heteroatoms. The Kier molecular flexibility index (Phi) is 8.95. The average Bonchev–Trinajstić information content (AvgIpc) is 2.16. The predicted octanol–water partition coefficient (Wildman–Crippen LogP) is 2.76. The van der Waals surface area contributed by atoms with E-state index < -0.39 is 0 Å².